The van der Waals surface area contributed by atoms with Crippen LogP contribution in [0.25, 0.3) is 0 Å². The molecule has 2 heterocycles. The Morgan fingerprint density at radius 3 is 2.50 bits per heavy atom. The molecular formula is C13H22N4O2S. The summed E-state index contributed by atoms with van der Waals surface area (Å²) in [6.45, 7) is 4.72. The van der Waals surface area contributed by atoms with Gasteiger partial charge in [0, 0.05) is 26.2 Å². The lowest BCUT2D eigenvalue weighted by atomic mass is 9.98. The van der Waals surface area contributed by atoms with Gasteiger partial charge in [-0.15, -0.1) is 0 Å². The van der Waals surface area contributed by atoms with E-state index in [4.69, 9.17) is 5.73 Å². The van der Waals surface area contributed by atoms with Crippen LogP contribution in [0.4, 0.5) is 0 Å². The number of sulfonamides is 1. The summed E-state index contributed by atoms with van der Waals surface area (Å²) < 4.78 is 29.0. The molecule has 0 radical (unpaired) electrons. The molecule has 7 heteroatoms. The molecule has 2 aliphatic rings. The van der Waals surface area contributed by atoms with Crippen molar-refractivity contribution in [1.29, 1.82) is 0 Å². The van der Waals surface area contributed by atoms with Crippen molar-refractivity contribution in [2.45, 2.75) is 37.6 Å². The van der Waals surface area contributed by atoms with E-state index in [1.165, 1.54) is 0 Å². The molecule has 0 aromatic carbocycles. The van der Waals surface area contributed by atoms with Crippen molar-refractivity contribution in [3.8, 4) is 0 Å². The van der Waals surface area contributed by atoms with Crippen LogP contribution in [-0.2, 0) is 17.1 Å². The van der Waals surface area contributed by atoms with Gasteiger partial charge in [-0.2, -0.15) is 9.40 Å². The van der Waals surface area contributed by atoms with Gasteiger partial charge in [0.15, 0.2) is 0 Å². The summed E-state index contributed by atoms with van der Waals surface area (Å²) in [6.07, 6.45) is 2.07. The molecule has 6 nitrogen and oxygen atoms in total. The number of hydrogen-bond acceptors (Lipinski definition) is 4. The molecule has 1 saturated heterocycles. The molecule has 1 aliphatic carbocycles. The predicted molar refractivity (Wildman–Crippen MR) is 75.6 cm³/mol. The van der Waals surface area contributed by atoms with Crippen LogP contribution in [-0.4, -0.2) is 41.6 Å². The Labute approximate surface area is 120 Å². The van der Waals surface area contributed by atoms with Gasteiger partial charge in [0.05, 0.1) is 11.4 Å². The van der Waals surface area contributed by atoms with E-state index in [1.807, 2.05) is 0 Å². The van der Waals surface area contributed by atoms with Crippen molar-refractivity contribution in [2.75, 3.05) is 13.1 Å². The molecule has 0 spiro atoms. The molecular weight excluding hydrogens is 276 g/mol. The Balaban J connectivity index is 1.94. The van der Waals surface area contributed by atoms with E-state index in [0.717, 1.165) is 12.8 Å². The fourth-order valence-corrected chi connectivity index (χ4v) is 5.65. The number of aryl methyl sites for hydroxylation is 2. The third kappa shape index (κ3) is 1.91. The second-order valence-electron chi connectivity index (χ2n) is 6.11. The van der Waals surface area contributed by atoms with E-state index in [1.54, 1.807) is 29.9 Å². The lowest BCUT2D eigenvalue weighted by molar-refractivity contribution is 0.426. The maximum absolute atomic E-state index is 12.9. The normalized spacial score (nSPS) is 30.9. The topological polar surface area (TPSA) is 81.2 Å². The first-order chi connectivity index (χ1) is 9.32. The summed E-state index contributed by atoms with van der Waals surface area (Å²) >= 11 is 0. The zero-order chi connectivity index (χ0) is 14.7. The molecule has 1 aromatic rings. The third-order valence-electron chi connectivity index (χ3n) is 4.92. The fourth-order valence-electron chi connectivity index (χ4n) is 3.72. The molecule has 0 amide bonds. The van der Waals surface area contributed by atoms with Crippen LogP contribution in [0.3, 0.4) is 0 Å². The Bertz CT molecular complexity index is 637. The average molecular weight is 298 g/mol. The first-order valence-corrected chi connectivity index (χ1v) is 8.52. The summed E-state index contributed by atoms with van der Waals surface area (Å²) in [5.74, 6) is 0.749. The molecule has 20 heavy (non-hydrogen) atoms. The number of aromatic nitrogens is 2. The first-order valence-electron chi connectivity index (χ1n) is 7.08. The maximum atomic E-state index is 12.9. The van der Waals surface area contributed by atoms with Gasteiger partial charge in [-0.1, -0.05) is 0 Å². The van der Waals surface area contributed by atoms with Crippen molar-refractivity contribution in [1.82, 2.24) is 14.1 Å². The van der Waals surface area contributed by atoms with Gasteiger partial charge in [0.1, 0.15) is 4.90 Å². The molecule has 112 valence electrons. The molecule has 2 fully saturated rings. The highest BCUT2D eigenvalue weighted by atomic mass is 32.2. The highest BCUT2D eigenvalue weighted by Crippen LogP contribution is 2.39. The SMILES string of the molecule is Cc1nn(C)c(C)c1S(=O)(=O)N1CC2CCC(N)C2C1. The van der Waals surface area contributed by atoms with Crippen molar-refractivity contribution in [3.05, 3.63) is 11.4 Å². The second kappa shape index (κ2) is 4.54. The van der Waals surface area contributed by atoms with Crippen LogP contribution < -0.4 is 5.73 Å². The van der Waals surface area contributed by atoms with E-state index in [2.05, 4.69) is 5.10 Å². The van der Waals surface area contributed by atoms with E-state index >= 15 is 0 Å². The van der Waals surface area contributed by atoms with Crippen molar-refractivity contribution >= 4 is 10.0 Å². The summed E-state index contributed by atoms with van der Waals surface area (Å²) in [6, 6.07) is 0.149. The zero-order valence-corrected chi connectivity index (χ0v) is 13.0. The van der Waals surface area contributed by atoms with Gasteiger partial charge in [0.2, 0.25) is 10.0 Å². The van der Waals surface area contributed by atoms with Crippen LogP contribution in [0, 0.1) is 25.7 Å². The summed E-state index contributed by atoms with van der Waals surface area (Å²) in [4.78, 5) is 0.369. The average Bonchev–Trinajstić information content (AvgIpc) is 2.98. The Morgan fingerprint density at radius 1 is 1.25 bits per heavy atom. The van der Waals surface area contributed by atoms with Crippen LogP contribution in [0.5, 0.6) is 0 Å². The van der Waals surface area contributed by atoms with Crippen molar-refractivity contribution in [2.24, 2.45) is 24.6 Å². The number of rotatable bonds is 2. The number of nitrogens with zero attached hydrogens (tertiary/aromatic N) is 3. The molecule has 1 aromatic heterocycles. The Morgan fingerprint density at radius 2 is 1.95 bits per heavy atom. The standard InChI is InChI=1S/C13H22N4O2S/c1-8-13(9(2)16(3)15-8)20(18,19)17-6-10-4-5-12(14)11(10)7-17/h10-12H,4-7,14H2,1-3H3. The van der Waals surface area contributed by atoms with E-state index < -0.39 is 10.0 Å². The molecule has 3 rings (SSSR count). The summed E-state index contributed by atoms with van der Waals surface area (Å²) in [5, 5.41) is 4.22. The maximum Gasteiger partial charge on any atom is 0.246 e. The molecule has 1 saturated carbocycles. The van der Waals surface area contributed by atoms with E-state index in [9.17, 15) is 8.42 Å². The zero-order valence-electron chi connectivity index (χ0n) is 12.2. The van der Waals surface area contributed by atoms with Gasteiger partial charge < -0.3 is 5.73 Å². The Kier molecular flexibility index (Phi) is 3.19. The monoisotopic (exact) mass is 298 g/mol. The van der Waals surface area contributed by atoms with Crippen LogP contribution >= 0.6 is 0 Å². The molecule has 3 atom stereocenters. The second-order valence-corrected chi connectivity index (χ2v) is 7.99. The van der Waals surface area contributed by atoms with Gasteiger partial charge in [-0.3, -0.25) is 4.68 Å². The lowest BCUT2D eigenvalue weighted by Gasteiger charge is -2.18. The van der Waals surface area contributed by atoms with E-state index in [-0.39, 0.29) is 6.04 Å². The number of hydrogen-bond donors (Lipinski definition) is 1. The quantitative estimate of drug-likeness (QED) is 0.856. The van der Waals surface area contributed by atoms with E-state index in [0.29, 0.717) is 41.2 Å². The van der Waals surface area contributed by atoms with Gasteiger partial charge in [-0.05, 0) is 38.5 Å². The highest BCUT2D eigenvalue weighted by Gasteiger charge is 2.46. The van der Waals surface area contributed by atoms with Gasteiger partial charge in [0.25, 0.3) is 0 Å². The van der Waals surface area contributed by atoms with Crippen molar-refractivity contribution in [3.63, 3.8) is 0 Å². The highest BCUT2D eigenvalue weighted by molar-refractivity contribution is 7.89. The third-order valence-corrected chi connectivity index (χ3v) is 7.00. The summed E-state index contributed by atoms with van der Waals surface area (Å²) in [7, 11) is -1.68. The molecule has 2 N–H and O–H groups in total. The minimum Gasteiger partial charge on any atom is -0.327 e. The lowest BCUT2D eigenvalue weighted by Crippen LogP contribution is -2.34. The smallest absolute Gasteiger partial charge is 0.246 e. The number of nitrogens with two attached hydrogens (primary N) is 1. The van der Waals surface area contributed by atoms with Gasteiger partial charge >= 0.3 is 0 Å². The molecule has 1 aliphatic heterocycles. The summed E-state index contributed by atoms with van der Waals surface area (Å²) in [5.41, 5.74) is 7.36. The predicted octanol–water partition coefficient (Wildman–Crippen LogP) is 0.395. The first kappa shape index (κ1) is 14.0. The van der Waals surface area contributed by atoms with Crippen LogP contribution in [0.1, 0.15) is 24.2 Å². The minimum atomic E-state index is -3.45. The largest absolute Gasteiger partial charge is 0.327 e. The Hall–Kier alpha value is -0.920. The van der Waals surface area contributed by atoms with Gasteiger partial charge in [-0.25, -0.2) is 8.42 Å². The van der Waals surface area contributed by atoms with Crippen LogP contribution in [0.15, 0.2) is 4.90 Å². The minimum absolute atomic E-state index is 0.149. The fraction of sp³-hybridized carbons (Fsp3) is 0.769. The molecule has 0 bridgehead atoms. The molecule has 3 unspecified atom stereocenters. The van der Waals surface area contributed by atoms with Crippen molar-refractivity contribution < 1.29 is 8.42 Å². The van der Waals surface area contributed by atoms with Crippen LogP contribution in [0.2, 0.25) is 0 Å². The number of fused-ring (bicyclic) bond motifs is 1.